The van der Waals surface area contributed by atoms with Gasteiger partial charge in [0.15, 0.2) is 0 Å². The van der Waals surface area contributed by atoms with E-state index in [0.29, 0.717) is 0 Å². The van der Waals surface area contributed by atoms with E-state index in [9.17, 15) is 0 Å². The van der Waals surface area contributed by atoms with E-state index in [0.717, 1.165) is 25.7 Å². The number of hydrogen-bond acceptors (Lipinski definition) is 0. The normalized spacial score (nSPS) is 12.6. The molecule has 40 heavy (non-hydrogen) atoms. The fourth-order valence-electron chi connectivity index (χ4n) is 6.04. The molecule has 0 unspecified atom stereocenters. The van der Waals surface area contributed by atoms with Crippen LogP contribution in [-0.2, 0) is 25.7 Å². The van der Waals surface area contributed by atoms with Crippen molar-refractivity contribution >= 4 is 0 Å². The summed E-state index contributed by atoms with van der Waals surface area (Å²) in [6, 6.07) is 53.8. The lowest BCUT2D eigenvalue weighted by Gasteiger charge is -2.18. The Kier molecular flexibility index (Phi) is 6.60. The van der Waals surface area contributed by atoms with E-state index in [4.69, 9.17) is 0 Å². The molecule has 0 saturated carbocycles. The molecule has 0 aliphatic heterocycles. The molecular weight excluding hydrogens is 480 g/mol. The van der Waals surface area contributed by atoms with Crippen molar-refractivity contribution in [3.05, 3.63) is 168 Å². The summed E-state index contributed by atoms with van der Waals surface area (Å²) in [7, 11) is 0. The summed E-state index contributed by atoms with van der Waals surface area (Å²) in [4.78, 5) is 0. The highest BCUT2D eigenvalue weighted by Crippen LogP contribution is 2.33. The predicted octanol–water partition coefficient (Wildman–Crippen LogP) is 10.2. The Hall–Kier alpha value is -4.68. The highest BCUT2D eigenvalue weighted by molar-refractivity contribution is 5.75. The van der Waals surface area contributed by atoms with Gasteiger partial charge >= 0.3 is 0 Å². The first-order valence-electron chi connectivity index (χ1n) is 14.4. The van der Waals surface area contributed by atoms with Crippen LogP contribution in [0.2, 0.25) is 0 Å². The zero-order valence-electron chi connectivity index (χ0n) is 22.7. The number of benzene rings is 6. The van der Waals surface area contributed by atoms with Gasteiger partial charge in [-0.05, 0) is 92.4 Å². The Balaban J connectivity index is 1.19. The first kappa shape index (κ1) is 24.4. The molecule has 0 saturated heterocycles. The second-order valence-electron chi connectivity index (χ2n) is 10.9. The number of hydrogen-bond donors (Lipinski definition) is 0. The maximum atomic E-state index is 2.44. The molecule has 4 aliphatic rings. The molecule has 0 spiro atoms. The minimum atomic E-state index is 1.03. The third kappa shape index (κ3) is 5.01. The average Bonchev–Trinajstić information content (AvgIpc) is 3.03. The number of aryl methyl sites for hydroxylation is 4. The molecule has 192 valence electrons. The smallest absolute Gasteiger partial charge is 0.0149 e. The van der Waals surface area contributed by atoms with Crippen LogP contribution in [0.5, 0.6) is 0 Å². The van der Waals surface area contributed by atoms with E-state index in [1.807, 2.05) is 0 Å². The summed E-state index contributed by atoms with van der Waals surface area (Å²) in [6.45, 7) is 0. The van der Waals surface area contributed by atoms with Gasteiger partial charge in [-0.15, -0.1) is 0 Å². The molecule has 0 radical (unpaired) electrons. The van der Waals surface area contributed by atoms with Crippen LogP contribution < -0.4 is 0 Å². The molecule has 0 heteroatoms. The van der Waals surface area contributed by atoms with Gasteiger partial charge in [-0.3, -0.25) is 0 Å². The van der Waals surface area contributed by atoms with E-state index in [1.165, 1.54) is 66.8 Å². The molecule has 6 aromatic rings. The van der Waals surface area contributed by atoms with Crippen LogP contribution in [0.15, 0.2) is 146 Å². The van der Waals surface area contributed by atoms with Crippen molar-refractivity contribution in [3.8, 4) is 44.5 Å². The Morgan fingerprint density at radius 1 is 0.275 bits per heavy atom. The second-order valence-corrected chi connectivity index (χ2v) is 10.9. The van der Waals surface area contributed by atoms with Crippen LogP contribution >= 0.6 is 0 Å². The fourth-order valence-corrected chi connectivity index (χ4v) is 6.04. The fraction of sp³-hybridized carbons (Fsp3) is 0.100. The first-order valence-corrected chi connectivity index (χ1v) is 14.4. The van der Waals surface area contributed by atoms with Gasteiger partial charge in [-0.1, -0.05) is 146 Å². The van der Waals surface area contributed by atoms with E-state index in [2.05, 4.69) is 146 Å². The van der Waals surface area contributed by atoms with Crippen LogP contribution in [-0.4, -0.2) is 0 Å². The molecule has 4 bridgehead atoms. The molecule has 0 aromatic heterocycles. The van der Waals surface area contributed by atoms with Gasteiger partial charge in [0.1, 0.15) is 0 Å². The summed E-state index contributed by atoms with van der Waals surface area (Å²) in [6.07, 6.45) is 4.12. The van der Waals surface area contributed by atoms with E-state index in [1.54, 1.807) is 0 Å². The van der Waals surface area contributed by atoms with E-state index < -0.39 is 0 Å². The summed E-state index contributed by atoms with van der Waals surface area (Å²) < 4.78 is 0. The van der Waals surface area contributed by atoms with Gasteiger partial charge in [0.25, 0.3) is 0 Å². The Morgan fingerprint density at radius 2 is 0.625 bits per heavy atom. The van der Waals surface area contributed by atoms with Crippen LogP contribution in [0.4, 0.5) is 0 Å². The van der Waals surface area contributed by atoms with Gasteiger partial charge < -0.3 is 0 Å². The van der Waals surface area contributed by atoms with Gasteiger partial charge in [-0.25, -0.2) is 0 Å². The van der Waals surface area contributed by atoms with Gasteiger partial charge in [0.05, 0.1) is 0 Å². The maximum absolute atomic E-state index is 2.44. The van der Waals surface area contributed by atoms with Gasteiger partial charge in [0, 0.05) is 0 Å². The standard InChI is InChI=1S/C40H32/c1-3-7-31(8-4-1)33-19-23-37(24-20-33)39-27-29-11-15-35(39)17-13-30-12-16-36(18-14-29)40(28-30)38-25-21-34(22-26-38)32-9-5-2-6-10-32/h1-12,15-16,19-28H,13-14,17-18H2. The lowest BCUT2D eigenvalue weighted by Crippen LogP contribution is -2.02. The van der Waals surface area contributed by atoms with Crippen molar-refractivity contribution in [2.45, 2.75) is 25.7 Å². The molecule has 0 N–H and O–H groups in total. The van der Waals surface area contributed by atoms with Crippen LogP contribution in [0.25, 0.3) is 44.5 Å². The average molecular weight is 513 g/mol. The zero-order chi connectivity index (χ0) is 26.7. The third-order valence-electron chi connectivity index (χ3n) is 8.32. The monoisotopic (exact) mass is 512 g/mol. The van der Waals surface area contributed by atoms with Crippen LogP contribution in [0, 0.1) is 0 Å². The zero-order valence-corrected chi connectivity index (χ0v) is 22.7. The lowest BCUT2D eigenvalue weighted by atomic mass is 9.87. The molecule has 6 aromatic carbocycles. The molecule has 4 aliphatic carbocycles. The van der Waals surface area contributed by atoms with Crippen LogP contribution in [0.3, 0.4) is 0 Å². The van der Waals surface area contributed by atoms with Gasteiger partial charge in [-0.2, -0.15) is 0 Å². The molecular formula is C40H32. The number of rotatable bonds is 4. The molecule has 0 amide bonds. The quantitative estimate of drug-likeness (QED) is 0.220. The summed E-state index contributed by atoms with van der Waals surface area (Å²) in [5.41, 5.74) is 16.1. The highest BCUT2D eigenvalue weighted by atomic mass is 14.2. The topological polar surface area (TPSA) is 0 Å². The lowest BCUT2D eigenvalue weighted by molar-refractivity contribution is 0.925. The summed E-state index contributed by atoms with van der Waals surface area (Å²) in [5.74, 6) is 0. The molecule has 0 nitrogen and oxygen atoms in total. The van der Waals surface area contributed by atoms with E-state index in [-0.39, 0.29) is 0 Å². The molecule has 10 rings (SSSR count). The molecule has 0 fully saturated rings. The largest absolute Gasteiger partial charge is 0.0622 e. The van der Waals surface area contributed by atoms with Crippen molar-refractivity contribution in [1.82, 2.24) is 0 Å². The SMILES string of the molecule is c1ccc(-c2ccc(-c3cc4ccc3CCc3ccc(c(-c5ccc(-c6ccccc6)cc5)c3)CC4)cc2)cc1. The predicted molar refractivity (Wildman–Crippen MR) is 169 cm³/mol. The van der Waals surface area contributed by atoms with Crippen molar-refractivity contribution in [2.75, 3.05) is 0 Å². The minimum absolute atomic E-state index is 1.03. The molecule has 0 heterocycles. The summed E-state index contributed by atoms with van der Waals surface area (Å²) in [5, 5.41) is 0. The molecule has 0 atom stereocenters. The maximum Gasteiger partial charge on any atom is -0.0149 e. The minimum Gasteiger partial charge on any atom is -0.0622 e. The van der Waals surface area contributed by atoms with Crippen molar-refractivity contribution in [3.63, 3.8) is 0 Å². The summed E-state index contributed by atoms with van der Waals surface area (Å²) >= 11 is 0. The third-order valence-corrected chi connectivity index (χ3v) is 8.32. The van der Waals surface area contributed by atoms with Gasteiger partial charge in [0.2, 0.25) is 0 Å². The van der Waals surface area contributed by atoms with Crippen molar-refractivity contribution in [1.29, 1.82) is 0 Å². The van der Waals surface area contributed by atoms with E-state index >= 15 is 0 Å². The highest BCUT2D eigenvalue weighted by Gasteiger charge is 2.13. The second kappa shape index (κ2) is 10.8. The Bertz CT molecular complexity index is 1610. The van der Waals surface area contributed by atoms with Crippen molar-refractivity contribution < 1.29 is 0 Å². The Morgan fingerprint density at radius 3 is 1.02 bits per heavy atom. The van der Waals surface area contributed by atoms with Crippen LogP contribution in [0.1, 0.15) is 22.3 Å². The van der Waals surface area contributed by atoms with Crippen molar-refractivity contribution in [2.24, 2.45) is 0 Å². The first-order chi connectivity index (χ1) is 19.8. The Labute approximate surface area is 237 Å².